The Hall–Kier alpha value is -1.37. The van der Waals surface area contributed by atoms with Crippen LogP contribution in [0, 0.1) is 0 Å². The summed E-state index contributed by atoms with van der Waals surface area (Å²) in [4.78, 5) is 4.28. The third-order valence-corrected chi connectivity index (χ3v) is 4.96. The highest BCUT2D eigenvalue weighted by atomic mass is 35.5. The van der Waals surface area contributed by atoms with Gasteiger partial charge in [0.1, 0.15) is 6.10 Å². The number of aliphatic hydroxyl groups is 1. The molecule has 1 saturated heterocycles. The SMILES string of the molecule is N[C@@H](c1ccc(Cl)c(Cl)c1)[C@H](O)c1ccc(OC2CCOCC2)nc1. The molecule has 1 aliphatic heterocycles. The lowest BCUT2D eigenvalue weighted by Gasteiger charge is -2.23. The minimum Gasteiger partial charge on any atom is -0.474 e. The van der Waals surface area contributed by atoms with Gasteiger partial charge in [0.2, 0.25) is 5.88 Å². The van der Waals surface area contributed by atoms with E-state index in [1.807, 2.05) is 0 Å². The molecular formula is C18H20Cl2N2O3. The normalized spacial score (nSPS) is 17.9. The van der Waals surface area contributed by atoms with Gasteiger partial charge < -0.3 is 20.3 Å². The van der Waals surface area contributed by atoms with E-state index in [4.69, 9.17) is 38.4 Å². The molecule has 1 fully saturated rings. The van der Waals surface area contributed by atoms with Gasteiger partial charge in [0.25, 0.3) is 0 Å². The molecule has 0 aliphatic carbocycles. The molecule has 5 nitrogen and oxygen atoms in total. The molecule has 3 rings (SSSR count). The fraction of sp³-hybridized carbons (Fsp3) is 0.389. The first-order valence-corrected chi connectivity index (χ1v) is 8.89. The third-order valence-electron chi connectivity index (χ3n) is 4.23. The number of hydrogen-bond donors (Lipinski definition) is 2. The molecule has 3 N–H and O–H groups in total. The van der Waals surface area contributed by atoms with Gasteiger partial charge in [-0.2, -0.15) is 0 Å². The third kappa shape index (κ3) is 4.63. The molecule has 0 spiro atoms. The van der Waals surface area contributed by atoms with Gasteiger partial charge >= 0.3 is 0 Å². The highest BCUT2D eigenvalue weighted by Crippen LogP contribution is 2.31. The number of nitrogens with zero attached hydrogens (tertiary/aromatic N) is 1. The molecule has 0 amide bonds. The summed E-state index contributed by atoms with van der Waals surface area (Å²) in [6, 6.07) is 7.94. The minimum atomic E-state index is -0.915. The predicted octanol–water partition coefficient (Wildman–Crippen LogP) is 3.68. The summed E-state index contributed by atoms with van der Waals surface area (Å²) < 4.78 is 11.1. The van der Waals surface area contributed by atoms with Gasteiger partial charge in [0.05, 0.1) is 35.4 Å². The zero-order valence-corrected chi connectivity index (χ0v) is 15.1. The van der Waals surface area contributed by atoms with Crippen LogP contribution >= 0.6 is 23.2 Å². The Balaban J connectivity index is 1.66. The summed E-state index contributed by atoms with van der Waals surface area (Å²) in [5.41, 5.74) is 7.46. The van der Waals surface area contributed by atoms with Crippen molar-refractivity contribution < 1.29 is 14.6 Å². The molecule has 0 saturated carbocycles. The summed E-state index contributed by atoms with van der Waals surface area (Å²) >= 11 is 11.9. The predicted molar refractivity (Wildman–Crippen MR) is 97.1 cm³/mol. The highest BCUT2D eigenvalue weighted by molar-refractivity contribution is 6.42. The number of halogens is 2. The van der Waals surface area contributed by atoms with E-state index in [1.165, 1.54) is 0 Å². The van der Waals surface area contributed by atoms with Crippen LogP contribution in [-0.2, 0) is 4.74 Å². The average Bonchev–Trinajstić information content (AvgIpc) is 2.64. The topological polar surface area (TPSA) is 77.6 Å². The second kappa shape index (κ2) is 8.34. The van der Waals surface area contributed by atoms with Crippen LogP contribution in [0.5, 0.6) is 5.88 Å². The van der Waals surface area contributed by atoms with Gasteiger partial charge in [-0.05, 0) is 23.8 Å². The van der Waals surface area contributed by atoms with Crippen molar-refractivity contribution >= 4 is 23.2 Å². The zero-order chi connectivity index (χ0) is 17.8. The fourth-order valence-electron chi connectivity index (χ4n) is 2.71. The summed E-state index contributed by atoms with van der Waals surface area (Å²) in [5.74, 6) is 0.533. The Morgan fingerprint density at radius 2 is 1.84 bits per heavy atom. The van der Waals surface area contributed by atoms with Crippen molar-refractivity contribution in [1.82, 2.24) is 4.98 Å². The van der Waals surface area contributed by atoms with Crippen LogP contribution in [0.25, 0.3) is 0 Å². The van der Waals surface area contributed by atoms with Crippen molar-refractivity contribution in [2.45, 2.75) is 31.1 Å². The molecule has 7 heteroatoms. The molecule has 1 aliphatic rings. The molecule has 134 valence electrons. The van der Waals surface area contributed by atoms with E-state index in [2.05, 4.69) is 4.98 Å². The molecule has 1 aromatic heterocycles. The Kier molecular flexibility index (Phi) is 6.15. The van der Waals surface area contributed by atoms with Crippen LogP contribution in [0.3, 0.4) is 0 Å². The first-order valence-electron chi connectivity index (χ1n) is 8.13. The molecule has 0 radical (unpaired) electrons. The molecule has 0 unspecified atom stereocenters. The molecule has 25 heavy (non-hydrogen) atoms. The van der Waals surface area contributed by atoms with Gasteiger partial charge in [-0.3, -0.25) is 0 Å². The summed E-state index contributed by atoms with van der Waals surface area (Å²) in [6.07, 6.45) is 2.50. The summed E-state index contributed by atoms with van der Waals surface area (Å²) in [7, 11) is 0. The van der Waals surface area contributed by atoms with E-state index < -0.39 is 12.1 Å². The van der Waals surface area contributed by atoms with Crippen molar-refractivity contribution in [3.05, 3.63) is 57.7 Å². The van der Waals surface area contributed by atoms with E-state index >= 15 is 0 Å². The lowest BCUT2D eigenvalue weighted by Crippen LogP contribution is -2.26. The molecule has 0 bridgehead atoms. The Morgan fingerprint density at radius 1 is 1.12 bits per heavy atom. The number of ether oxygens (including phenoxy) is 2. The van der Waals surface area contributed by atoms with Crippen LogP contribution in [0.4, 0.5) is 0 Å². The first-order chi connectivity index (χ1) is 12.0. The maximum Gasteiger partial charge on any atom is 0.213 e. The highest BCUT2D eigenvalue weighted by Gasteiger charge is 2.21. The Labute approximate surface area is 156 Å². The maximum absolute atomic E-state index is 10.5. The lowest BCUT2D eigenvalue weighted by atomic mass is 9.98. The van der Waals surface area contributed by atoms with Gasteiger partial charge in [-0.15, -0.1) is 0 Å². The molecule has 1 aromatic carbocycles. The van der Waals surface area contributed by atoms with Gasteiger partial charge in [0.15, 0.2) is 0 Å². The first kappa shape index (κ1) is 18.4. The number of pyridine rings is 1. The van der Waals surface area contributed by atoms with E-state index in [0.29, 0.717) is 40.3 Å². The Bertz CT molecular complexity index is 706. The minimum absolute atomic E-state index is 0.121. The lowest BCUT2D eigenvalue weighted by molar-refractivity contribution is 0.0237. The quantitative estimate of drug-likeness (QED) is 0.824. The number of aromatic nitrogens is 1. The van der Waals surface area contributed by atoms with Gasteiger partial charge in [-0.1, -0.05) is 29.3 Å². The van der Waals surface area contributed by atoms with E-state index in [1.54, 1.807) is 36.5 Å². The summed E-state index contributed by atoms with van der Waals surface area (Å²) in [6.45, 7) is 1.42. The van der Waals surface area contributed by atoms with Gasteiger partial charge in [-0.25, -0.2) is 4.98 Å². The van der Waals surface area contributed by atoms with Crippen LogP contribution in [-0.4, -0.2) is 29.4 Å². The van der Waals surface area contributed by atoms with Gasteiger partial charge in [0, 0.05) is 30.7 Å². The van der Waals surface area contributed by atoms with Crippen LogP contribution < -0.4 is 10.5 Å². The Morgan fingerprint density at radius 3 is 2.48 bits per heavy atom. The van der Waals surface area contributed by atoms with Crippen molar-refractivity contribution in [1.29, 1.82) is 0 Å². The van der Waals surface area contributed by atoms with Crippen LogP contribution in [0.1, 0.15) is 36.1 Å². The largest absolute Gasteiger partial charge is 0.474 e. The molecule has 2 atom stereocenters. The monoisotopic (exact) mass is 382 g/mol. The molecule has 2 aromatic rings. The maximum atomic E-state index is 10.5. The van der Waals surface area contributed by atoms with Crippen molar-refractivity contribution in [3.8, 4) is 5.88 Å². The van der Waals surface area contributed by atoms with Crippen LogP contribution in [0.2, 0.25) is 10.0 Å². The zero-order valence-electron chi connectivity index (χ0n) is 13.6. The molecule has 2 heterocycles. The fourth-order valence-corrected chi connectivity index (χ4v) is 3.02. The van der Waals surface area contributed by atoms with E-state index in [-0.39, 0.29) is 6.10 Å². The van der Waals surface area contributed by atoms with Crippen LogP contribution in [0.15, 0.2) is 36.5 Å². The number of benzene rings is 1. The molecular weight excluding hydrogens is 363 g/mol. The van der Waals surface area contributed by atoms with Crippen molar-refractivity contribution in [2.24, 2.45) is 5.73 Å². The standard InChI is InChI=1S/C18H20Cl2N2O3/c19-14-3-1-11(9-15(14)20)17(21)18(23)12-2-4-16(22-10-12)25-13-5-7-24-8-6-13/h1-4,9-10,13,17-18,23H,5-8,21H2/t17-,18+/m0/s1. The average molecular weight is 383 g/mol. The number of rotatable bonds is 5. The number of aliphatic hydroxyl groups excluding tert-OH is 1. The number of hydrogen-bond acceptors (Lipinski definition) is 5. The number of nitrogens with two attached hydrogens (primary N) is 1. The van der Waals surface area contributed by atoms with Crippen molar-refractivity contribution in [3.63, 3.8) is 0 Å². The second-order valence-corrected chi connectivity index (χ2v) is 6.82. The van der Waals surface area contributed by atoms with E-state index in [0.717, 1.165) is 12.8 Å². The second-order valence-electron chi connectivity index (χ2n) is 6.00. The summed E-state index contributed by atoms with van der Waals surface area (Å²) in [5, 5.41) is 11.4. The smallest absolute Gasteiger partial charge is 0.213 e. The van der Waals surface area contributed by atoms with E-state index in [9.17, 15) is 5.11 Å². The van der Waals surface area contributed by atoms with Crippen molar-refractivity contribution in [2.75, 3.05) is 13.2 Å².